The maximum absolute atomic E-state index is 12.3. The third kappa shape index (κ3) is 2.95. The lowest BCUT2D eigenvalue weighted by Crippen LogP contribution is -2.48. The molecule has 2 rings (SSSR count). The molecule has 21 heavy (non-hydrogen) atoms. The quantitative estimate of drug-likeness (QED) is 0.794. The zero-order valence-corrected chi connectivity index (χ0v) is 12.4. The summed E-state index contributed by atoms with van der Waals surface area (Å²) in [5.41, 5.74) is 0.714. The van der Waals surface area contributed by atoms with Crippen LogP contribution in [0, 0.1) is 0 Å². The highest BCUT2D eigenvalue weighted by Crippen LogP contribution is 2.24. The Morgan fingerprint density at radius 1 is 1.19 bits per heavy atom. The number of nitrogens with zero attached hydrogens (tertiary/aromatic N) is 2. The zero-order valence-electron chi connectivity index (χ0n) is 12.4. The largest absolute Gasteiger partial charge is 0.353 e. The smallest absolute Gasteiger partial charge is 0.262 e. The molecule has 0 bridgehead atoms. The van der Waals surface area contributed by atoms with Crippen molar-refractivity contribution in [1.82, 2.24) is 15.1 Å². The van der Waals surface area contributed by atoms with Gasteiger partial charge in [-0.25, -0.2) is 0 Å². The molecule has 1 aliphatic rings. The van der Waals surface area contributed by atoms with E-state index in [2.05, 4.69) is 5.32 Å². The molecule has 0 aromatic heterocycles. The van der Waals surface area contributed by atoms with Crippen LogP contribution in [0.1, 0.15) is 27.6 Å². The molecule has 1 aromatic carbocycles. The monoisotopic (exact) mass is 289 g/mol. The SMILES string of the molecule is C[C@H](C(=O)NCCN(C)C)N1C(=O)c2ccccc2C1=O. The Labute approximate surface area is 123 Å². The van der Waals surface area contributed by atoms with Crippen LogP contribution in [0.3, 0.4) is 0 Å². The summed E-state index contributed by atoms with van der Waals surface area (Å²) >= 11 is 0. The van der Waals surface area contributed by atoms with E-state index in [1.165, 1.54) is 0 Å². The lowest BCUT2D eigenvalue weighted by molar-refractivity contribution is -0.124. The average Bonchev–Trinajstić information content (AvgIpc) is 2.70. The van der Waals surface area contributed by atoms with Gasteiger partial charge in [0.15, 0.2) is 0 Å². The fraction of sp³-hybridized carbons (Fsp3) is 0.400. The summed E-state index contributed by atoms with van der Waals surface area (Å²) in [6.45, 7) is 2.73. The first-order chi connectivity index (χ1) is 9.93. The lowest BCUT2D eigenvalue weighted by Gasteiger charge is -2.22. The molecule has 1 atom stereocenters. The van der Waals surface area contributed by atoms with E-state index in [0.29, 0.717) is 24.2 Å². The maximum atomic E-state index is 12.3. The molecule has 0 spiro atoms. The highest BCUT2D eigenvalue weighted by molar-refractivity contribution is 6.22. The summed E-state index contributed by atoms with van der Waals surface area (Å²) < 4.78 is 0. The number of benzene rings is 1. The van der Waals surface area contributed by atoms with Crippen LogP contribution in [0.4, 0.5) is 0 Å². The molecule has 6 heteroatoms. The molecule has 1 heterocycles. The average molecular weight is 289 g/mol. The van der Waals surface area contributed by atoms with E-state index in [1.807, 2.05) is 19.0 Å². The minimum absolute atomic E-state index is 0.327. The summed E-state index contributed by atoms with van der Waals surface area (Å²) in [6, 6.07) is 5.79. The van der Waals surface area contributed by atoms with Crippen LogP contribution >= 0.6 is 0 Å². The highest BCUT2D eigenvalue weighted by Gasteiger charge is 2.40. The minimum atomic E-state index is -0.820. The van der Waals surface area contributed by atoms with Crippen molar-refractivity contribution in [1.29, 1.82) is 0 Å². The van der Waals surface area contributed by atoms with Crippen LogP contribution in [0.2, 0.25) is 0 Å². The first kappa shape index (κ1) is 15.2. The molecule has 112 valence electrons. The van der Waals surface area contributed by atoms with Crippen LogP contribution in [0.15, 0.2) is 24.3 Å². The number of hydrogen-bond acceptors (Lipinski definition) is 4. The number of amides is 3. The van der Waals surface area contributed by atoms with Gasteiger partial charge in [-0.3, -0.25) is 19.3 Å². The molecule has 0 radical (unpaired) electrons. The molecule has 0 unspecified atom stereocenters. The standard InChI is InChI=1S/C15H19N3O3/c1-10(13(19)16-8-9-17(2)3)18-14(20)11-6-4-5-7-12(11)15(18)21/h4-7,10H,8-9H2,1-3H3,(H,16,19)/t10-/m1/s1. The van der Waals surface area contributed by atoms with Gasteiger partial charge in [0, 0.05) is 13.1 Å². The summed E-state index contributed by atoms with van der Waals surface area (Å²) in [5.74, 6) is -1.15. The van der Waals surface area contributed by atoms with E-state index < -0.39 is 17.9 Å². The Kier molecular flexibility index (Phi) is 4.37. The van der Waals surface area contributed by atoms with Gasteiger partial charge < -0.3 is 10.2 Å². The molecule has 1 N–H and O–H groups in total. The van der Waals surface area contributed by atoms with E-state index in [1.54, 1.807) is 31.2 Å². The number of fused-ring (bicyclic) bond motifs is 1. The van der Waals surface area contributed by atoms with Crippen LogP contribution in [-0.4, -0.2) is 60.7 Å². The predicted octanol–water partition coefficient (Wildman–Crippen LogP) is 0.349. The van der Waals surface area contributed by atoms with Crippen molar-refractivity contribution >= 4 is 17.7 Å². The number of nitrogens with one attached hydrogen (secondary N) is 1. The van der Waals surface area contributed by atoms with E-state index in [-0.39, 0.29) is 5.91 Å². The van der Waals surface area contributed by atoms with Gasteiger partial charge in [0.05, 0.1) is 11.1 Å². The molecule has 1 aromatic rings. The zero-order chi connectivity index (χ0) is 15.6. The van der Waals surface area contributed by atoms with E-state index in [0.717, 1.165) is 4.90 Å². The Hall–Kier alpha value is -2.21. The summed E-state index contributed by atoms with van der Waals surface area (Å²) in [4.78, 5) is 39.5. The van der Waals surface area contributed by atoms with Crippen molar-refractivity contribution in [2.45, 2.75) is 13.0 Å². The van der Waals surface area contributed by atoms with Gasteiger partial charge >= 0.3 is 0 Å². The van der Waals surface area contributed by atoms with Crippen molar-refractivity contribution in [3.63, 3.8) is 0 Å². The number of rotatable bonds is 5. The van der Waals surface area contributed by atoms with Gasteiger partial charge in [-0.15, -0.1) is 0 Å². The van der Waals surface area contributed by atoms with Gasteiger partial charge in [-0.1, -0.05) is 12.1 Å². The number of likely N-dealkylation sites (N-methyl/N-ethyl adjacent to an activating group) is 1. The Bertz CT molecular complexity index is 548. The molecular formula is C15H19N3O3. The highest BCUT2D eigenvalue weighted by atomic mass is 16.2. The summed E-state index contributed by atoms with van der Waals surface area (Å²) in [5, 5.41) is 2.73. The van der Waals surface area contributed by atoms with E-state index in [4.69, 9.17) is 0 Å². The topological polar surface area (TPSA) is 69.7 Å². The van der Waals surface area contributed by atoms with Gasteiger partial charge in [0.25, 0.3) is 11.8 Å². The Balaban J connectivity index is 2.07. The molecular weight excluding hydrogens is 270 g/mol. The second kappa shape index (κ2) is 6.05. The molecule has 3 amide bonds. The van der Waals surface area contributed by atoms with Crippen molar-refractivity contribution in [3.05, 3.63) is 35.4 Å². The normalized spacial score (nSPS) is 15.3. The first-order valence-electron chi connectivity index (χ1n) is 6.83. The maximum Gasteiger partial charge on any atom is 0.262 e. The molecule has 0 aliphatic carbocycles. The van der Waals surface area contributed by atoms with Crippen molar-refractivity contribution in [2.24, 2.45) is 0 Å². The van der Waals surface area contributed by atoms with Crippen LogP contribution in [0.25, 0.3) is 0 Å². The molecule has 0 saturated carbocycles. The molecule has 0 fully saturated rings. The lowest BCUT2D eigenvalue weighted by atomic mass is 10.1. The third-order valence-electron chi connectivity index (χ3n) is 3.45. The number of imide groups is 1. The fourth-order valence-corrected chi connectivity index (χ4v) is 2.23. The van der Waals surface area contributed by atoms with Crippen molar-refractivity contribution in [2.75, 3.05) is 27.2 Å². The van der Waals surface area contributed by atoms with Crippen molar-refractivity contribution < 1.29 is 14.4 Å². The molecule has 1 aliphatic heterocycles. The van der Waals surface area contributed by atoms with Gasteiger partial charge in [-0.2, -0.15) is 0 Å². The predicted molar refractivity (Wildman–Crippen MR) is 78.0 cm³/mol. The summed E-state index contributed by atoms with van der Waals surface area (Å²) in [6.07, 6.45) is 0. The number of carbonyl (C=O) groups excluding carboxylic acids is 3. The number of carbonyl (C=O) groups is 3. The van der Waals surface area contributed by atoms with Crippen LogP contribution in [0.5, 0.6) is 0 Å². The summed E-state index contributed by atoms with van der Waals surface area (Å²) in [7, 11) is 3.81. The third-order valence-corrected chi connectivity index (χ3v) is 3.45. The van der Waals surface area contributed by atoms with Gasteiger partial charge in [0.1, 0.15) is 6.04 Å². The second-order valence-electron chi connectivity index (χ2n) is 5.30. The Morgan fingerprint density at radius 3 is 2.19 bits per heavy atom. The van der Waals surface area contributed by atoms with E-state index >= 15 is 0 Å². The second-order valence-corrected chi connectivity index (χ2v) is 5.30. The van der Waals surface area contributed by atoms with Gasteiger partial charge in [-0.05, 0) is 33.2 Å². The molecule has 6 nitrogen and oxygen atoms in total. The van der Waals surface area contributed by atoms with E-state index in [9.17, 15) is 14.4 Å². The van der Waals surface area contributed by atoms with Crippen molar-refractivity contribution in [3.8, 4) is 0 Å². The fourth-order valence-electron chi connectivity index (χ4n) is 2.23. The molecule has 0 saturated heterocycles. The first-order valence-corrected chi connectivity index (χ1v) is 6.83. The Morgan fingerprint density at radius 2 is 1.71 bits per heavy atom. The van der Waals surface area contributed by atoms with Gasteiger partial charge in [0.2, 0.25) is 5.91 Å². The van der Waals surface area contributed by atoms with Crippen LogP contribution < -0.4 is 5.32 Å². The van der Waals surface area contributed by atoms with Crippen LogP contribution in [-0.2, 0) is 4.79 Å². The minimum Gasteiger partial charge on any atom is -0.353 e. The number of hydrogen-bond donors (Lipinski definition) is 1.